The maximum atomic E-state index is 12.1. The average molecular weight is 237 g/mol. The van der Waals surface area contributed by atoms with Gasteiger partial charge in [0.15, 0.2) is 0 Å². The van der Waals surface area contributed by atoms with Crippen LogP contribution in [0.25, 0.3) is 0 Å². The summed E-state index contributed by atoms with van der Waals surface area (Å²) in [6.45, 7) is 4.27. The monoisotopic (exact) mass is 237 g/mol. The number of methoxy groups -OCH3 is 1. The van der Waals surface area contributed by atoms with Gasteiger partial charge in [0.1, 0.15) is 5.82 Å². The van der Waals surface area contributed by atoms with Crippen molar-refractivity contribution in [3.8, 4) is 0 Å². The molecule has 0 spiro atoms. The molecule has 1 heterocycles. The number of nitrogens with zero attached hydrogens (tertiary/aromatic N) is 1. The van der Waals surface area contributed by atoms with Crippen molar-refractivity contribution in [3.63, 3.8) is 0 Å². The zero-order valence-corrected chi connectivity index (χ0v) is 10.7. The predicted octanol–water partition coefficient (Wildman–Crippen LogP) is 1.28. The first-order chi connectivity index (χ1) is 8.00. The highest BCUT2D eigenvalue weighted by atomic mass is 16.5. The Morgan fingerprint density at radius 3 is 2.82 bits per heavy atom. The second-order valence-corrected chi connectivity index (χ2v) is 4.42. The lowest BCUT2D eigenvalue weighted by atomic mass is 10.1. The van der Waals surface area contributed by atoms with E-state index in [-0.39, 0.29) is 5.91 Å². The number of nitrogens with one attached hydrogen (secondary N) is 2. The summed E-state index contributed by atoms with van der Waals surface area (Å²) in [5.41, 5.74) is 0.117. The maximum Gasteiger partial charge on any atom is 0.255 e. The molecule has 0 bridgehead atoms. The molecule has 0 aliphatic rings. The highest BCUT2D eigenvalue weighted by Crippen LogP contribution is 2.12. The Bertz CT molecular complexity index is 391. The van der Waals surface area contributed by atoms with E-state index >= 15 is 0 Å². The summed E-state index contributed by atoms with van der Waals surface area (Å²) in [5, 5.41) is 5.80. The van der Waals surface area contributed by atoms with Gasteiger partial charge in [0, 0.05) is 20.4 Å². The maximum absolute atomic E-state index is 12.1. The van der Waals surface area contributed by atoms with Crippen molar-refractivity contribution in [1.29, 1.82) is 0 Å². The lowest BCUT2D eigenvalue weighted by Crippen LogP contribution is -2.46. The number of aromatic nitrogens is 1. The number of hydrogen-bond donors (Lipinski definition) is 2. The van der Waals surface area contributed by atoms with Crippen LogP contribution in [0.3, 0.4) is 0 Å². The Labute approximate surface area is 102 Å². The summed E-state index contributed by atoms with van der Waals surface area (Å²) in [4.78, 5) is 16.2. The van der Waals surface area contributed by atoms with Gasteiger partial charge >= 0.3 is 0 Å². The topological polar surface area (TPSA) is 63.2 Å². The number of pyridine rings is 1. The largest absolute Gasteiger partial charge is 0.382 e. The van der Waals surface area contributed by atoms with Crippen molar-refractivity contribution in [2.45, 2.75) is 19.4 Å². The van der Waals surface area contributed by atoms with E-state index in [2.05, 4.69) is 15.6 Å². The van der Waals surface area contributed by atoms with Crippen molar-refractivity contribution in [2.75, 3.05) is 26.1 Å². The number of ether oxygens (including phenoxy) is 1. The van der Waals surface area contributed by atoms with E-state index in [1.807, 2.05) is 13.8 Å². The van der Waals surface area contributed by atoms with Gasteiger partial charge in [-0.3, -0.25) is 4.79 Å². The van der Waals surface area contributed by atoms with Gasteiger partial charge < -0.3 is 15.4 Å². The van der Waals surface area contributed by atoms with E-state index in [1.165, 1.54) is 0 Å². The molecule has 1 amide bonds. The third kappa shape index (κ3) is 3.71. The molecule has 0 aliphatic carbocycles. The zero-order valence-electron chi connectivity index (χ0n) is 10.7. The van der Waals surface area contributed by atoms with Crippen molar-refractivity contribution in [1.82, 2.24) is 10.3 Å². The highest BCUT2D eigenvalue weighted by Gasteiger charge is 2.22. The molecule has 5 nitrogen and oxygen atoms in total. The van der Waals surface area contributed by atoms with Crippen LogP contribution >= 0.6 is 0 Å². The number of carbonyl (C=O) groups excluding carboxylic acids is 1. The molecule has 0 saturated carbocycles. The molecular formula is C12H19N3O2. The summed E-state index contributed by atoms with van der Waals surface area (Å²) in [5.74, 6) is 0.405. The van der Waals surface area contributed by atoms with Crippen LogP contribution in [-0.4, -0.2) is 37.2 Å². The molecule has 94 valence electrons. The van der Waals surface area contributed by atoms with Gasteiger partial charge in [-0.15, -0.1) is 0 Å². The normalized spacial score (nSPS) is 11.1. The second-order valence-electron chi connectivity index (χ2n) is 4.42. The van der Waals surface area contributed by atoms with Gasteiger partial charge in [-0.1, -0.05) is 0 Å². The molecule has 0 fully saturated rings. The first-order valence-corrected chi connectivity index (χ1v) is 5.44. The molecule has 0 unspecified atom stereocenters. The van der Waals surface area contributed by atoms with Crippen molar-refractivity contribution in [3.05, 3.63) is 23.9 Å². The van der Waals surface area contributed by atoms with Crippen molar-refractivity contribution >= 4 is 11.7 Å². The minimum Gasteiger partial charge on any atom is -0.382 e. The van der Waals surface area contributed by atoms with E-state index in [1.54, 1.807) is 32.5 Å². The molecule has 0 aromatic carbocycles. The molecule has 5 heteroatoms. The van der Waals surface area contributed by atoms with Crippen LogP contribution in [0.4, 0.5) is 5.82 Å². The Morgan fingerprint density at radius 2 is 2.24 bits per heavy atom. The first-order valence-electron chi connectivity index (χ1n) is 5.44. The lowest BCUT2D eigenvalue weighted by molar-refractivity contribution is 0.0820. The van der Waals surface area contributed by atoms with Crippen molar-refractivity contribution < 1.29 is 9.53 Å². The third-order valence-corrected chi connectivity index (χ3v) is 2.25. The summed E-state index contributed by atoms with van der Waals surface area (Å²) < 4.78 is 5.05. The van der Waals surface area contributed by atoms with E-state index < -0.39 is 5.54 Å². The zero-order chi connectivity index (χ0) is 12.9. The smallest absolute Gasteiger partial charge is 0.255 e. The molecule has 0 saturated heterocycles. The van der Waals surface area contributed by atoms with Crippen LogP contribution in [-0.2, 0) is 4.74 Å². The number of rotatable bonds is 5. The summed E-state index contributed by atoms with van der Waals surface area (Å²) in [7, 11) is 3.34. The van der Waals surface area contributed by atoms with E-state index in [0.29, 0.717) is 18.0 Å². The Balaban J connectivity index is 2.83. The third-order valence-electron chi connectivity index (χ3n) is 2.25. The number of anilines is 1. The van der Waals surface area contributed by atoms with Gasteiger partial charge in [0.2, 0.25) is 0 Å². The number of amides is 1. The fourth-order valence-electron chi connectivity index (χ4n) is 1.56. The van der Waals surface area contributed by atoms with Crippen LogP contribution in [0.5, 0.6) is 0 Å². The van der Waals surface area contributed by atoms with Gasteiger partial charge in [0.05, 0.1) is 17.7 Å². The Kier molecular flexibility index (Phi) is 4.45. The van der Waals surface area contributed by atoms with Crippen LogP contribution in [0.2, 0.25) is 0 Å². The Morgan fingerprint density at radius 1 is 1.53 bits per heavy atom. The minimum absolute atomic E-state index is 0.162. The molecule has 0 aliphatic heterocycles. The molecular weight excluding hydrogens is 218 g/mol. The van der Waals surface area contributed by atoms with E-state index in [0.717, 1.165) is 0 Å². The highest BCUT2D eigenvalue weighted by molar-refractivity contribution is 5.99. The lowest BCUT2D eigenvalue weighted by Gasteiger charge is -2.25. The fourth-order valence-corrected chi connectivity index (χ4v) is 1.56. The number of carbonyl (C=O) groups is 1. The molecule has 2 N–H and O–H groups in total. The average Bonchev–Trinajstić information content (AvgIpc) is 2.28. The predicted molar refractivity (Wildman–Crippen MR) is 67.2 cm³/mol. The van der Waals surface area contributed by atoms with Crippen LogP contribution in [0.15, 0.2) is 18.3 Å². The van der Waals surface area contributed by atoms with Gasteiger partial charge in [-0.2, -0.15) is 0 Å². The quantitative estimate of drug-likeness (QED) is 0.809. The van der Waals surface area contributed by atoms with Gasteiger partial charge in [-0.25, -0.2) is 4.98 Å². The second kappa shape index (κ2) is 5.63. The minimum atomic E-state index is -0.410. The molecule has 0 atom stereocenters. The van der Waals surface area contributed by atoms with E-state index in [4.69, 9.17) is 4.74 Å². The number of hydrogen-bond acceptors (Lipinski definition) is 4. The van der Waals surface area contributed by atoms with Crippen LogP contribution < -0.4 is 10.6 Å². The Hall–Kier alpha value is -1.62. The van der Waals surface area contributed by atoms with E-state index in [9.17, 15) is 4.79 Å². The molecule has 17 heavy (non-hydrogen) atoms. The molecule has 0 radical (unpaired) electrons. The van der Waals surface area contributed by atoms with Crippen LogP contribution in [0.1, 0.15) is 24.2 Å². The first kappa shape index (κ1) is 13.4. The fraction of sp³-hybridized carbons (Fsp3) is 0.500. The van der Waals surface area contributed by atoms with Crippen molar-refractivity contribution in [2.24, 2.45) is 0 Å². The molecule has 1 rings (SSSR count). The summed E-state index contributed by atoms with van der Waals surface area (Å²) in [6.07, 6.45) is 1.64. The van der Waals surface area contributed by atoms with Crippen LogP contribution in [0, 0.1) is 0 Å². The molecule has 1 aromatic heterocycles. The summed E-state index contributed by atoms with van der Waals surface area (Å²) >= 11 is 0. The molecule has 1 aromatic rings. The van der Waals surface area contributed by atoms with Gasteiger partial charge in [-0.05, 0) is 26.0 Å². The van der Waals surface area contributed by atoms with Gasteiger partial charge in [0.25, 0.3) is 5.91 Å². The summed E-state index contributed by atoms with van der Waals surface area (Å²) in [6, 6.07) is 3.47. The standard InChI is InChI=1S/C12H19N3O2/c1-12(2,8-17-4)15-11(16)9-6-5-7-14-10(9)13-3/h5-7H,8H2,1-4H3,(H,13,14)(H,15,16). The SMILES string of the molecule is CNc1ncccc1C(=O)NC(C)(C)COC.